The van der Waals surface area contributed by atoms with Crippen LogP contribution in [0.3, 0.4) is 0 Å². The van der Waals surface area contributed by atoms with Crippen molar-refractivity contribution in [1.82, 2.24) is 18.3 Å². The fraction of sp³-hybridized carbons (Fsp3) is 0.00935. The van der Waals surface area contributed by atoms with Crippen LogP contribution in [-0.4, -0.2) is 18.3 Å². The van der Waals surface area contributed by atoms with Gasteiger partial charge in [-0.25, -0.2) is 0 Å². The molecule has 119 heavy (non-hydrogen) atoms. The second-order valence-corrected chi connectivity index (χ2v) is 35.0. The zero-order chi connectivity index (χ0) is 78.7. The van der Waals surface area contributed by atoms with E-state index in [9.17, 15) is 21.0 Å². The Morgan fingerprint density at radius 1 is 0.210 bits per heavy atom. The zero-order valence-electron chi connectivity index (χ0n) is 63.3. The van der Waals surface area contributed by atoms with Crippen LogP contribution in [0, 0.1) is 52.2 Å². The van der Waals surface area contributed by atoms with Crippen LogP contribution in [-0.2, 0) is 0 Å². The first-order valence-corrected chi connectivity index (χ1v) is 42.8. The first kappa shape index (κ1) is 67.1. The quantitative estimate of drug-likeness (QED) is 0.151. The van der Waals surface area contributed by atoms with Crippen LogP contribution in [0.15, 0.2) is 322 Å². The summed E-state index contributed by atoms with van der Waals surface area (Å²) in [5, 5.41) is 65.3. The van der Waals surface area contributed by atoms with Crippen molar-refractivity contribution >= 4 is 213 Å². The molecular weight excluding hydrogens is 1530 g/mol. The van der Waals surface area contributed by atoms with E-state index < -0.39 is 0 Å². The van der Waals surface area contributed by atoms with Gasteiger partial charge in [-0.2, -0.15) is 21.0 Å². The monoisotopic (exact) mass is 1580 g/mol. The number of aromatic nitrogens is 4. The number of nitriles is 4. The van der Waals surface area contributed by atoms with Crippen molar-refractivity contribution in [2.24, 2.45) is 0 Å². The molecule has 0 N–H and O–H groups in total. The molecule has 0 atom stereocenters. The highest BCUT2D eigenvalue weighted by Gasteiger charge is 2.35. The Labute approximate surface area is 694 Å². The van der Waals surface area contributed by atoms with Crippen LogP contribution in [0.5, 0.6) is 0 Å². The Hall–Kier alpha value is -15.2. The average molecular weight is 1580 g/mol. The Kier molecular flexibility index (Phi) is 14.3. The fourth-order valence-corrected chi connectivity index (χ4v) is 25.0. The average Bonchev–Trinajstić information content (AvgIpc) is 1.55. The number of thiophene rings is 4. The predicted molar refractivity (Wildman–Crippen MR) is 501 cm³/mol. The molecule has 0 saturated carbocycles. The first-order valence-electron chi connectivity index (χ1n) is 39.5. The lowest BCUT2D eigenvalue weighted by Crippen LogP contribution is -2.11. The highest BCUT2D eigenvalue weighted by molar-refractivity contribution is 7.28. The number of benzene rings is 17. The zero-order valence-corrected chi connectivity index (χ0v) is 66.6. The van der Waals surface area contributed by atoms with Crippen molar-refractivity contribution in [3.63, 3.8) is 0 Å². The number of fused-ring (bicyclic) bond motifs is 28. The molecule has 0 fully saturated rings. The molecule has 0 aliphatic rings. The van der Waals surface area contributed by atoms with Crippen LogP contribution in [0.2, 0.25) is 0 Å². The Bertz CT molecular complexity index is 9060. The van der Waals surface area contributed by atoms with E-state index in [-0.39, 0.29) is 0 Å². The Balaban J connectivity index is 0.699. The molecule has 0 amide bonds. The summed E-state index contributed by atoms with van der Waals surface area (Å²) in [6.45, 7) is 2.03. The number of hydrogen-bond donors (Lipinski definition) is 0. The molecule has 0 saturated heterocycles. The van der Waals surface area contributed by atoms with Crippen LogP contribution >= 0.6 is 45.3 Å². The van der Waals surface area contributed by atoms with Crippen LogP contribution in [0.25, 0.3) is 235 Å². The molecule has 25 aromatic rings. The molecule has 548 valence electrons. The number of para-hydroxylation sites is 4. The van der Waals surface area contributed by atoms with Crippen molar-refractivity contribution in [3.8, 4) is 91.5 Å². The Morgan fingerprint density at radius 3 is 0.798 bits per heavy atom. The van der Waals surface area contributed by atoms with Gasteiger partial charge < -0.3 is 18.3 Å². The molecule has 0 radical (unpaired) electrons. The molecule has 8 nitrogen and oxygen atoms in total. The minimum absolute atomic E-state index is 0.308. The SMILES string of the molecule is Cc1c(C#N)c(C#N)c(-c2ccccc2)c(-n2c3ccccc3c3c4sc5ccc(-c6ccc7sc8c(ccc9c8c8ccccc8n9-c8c(-c9ccccc9)c(C#N)c(C#N)c(-c9ccccc9)c8-n8c9ccccc9c9c%10sc%11ccccc%11c%10ccc98)c7c6)cc5c4ccc32)c1-n1c2ccccc2c2c3sc4ccccc4c3ccc21. The van der Waals surface area contributed by atoms with Gasteiger partial charge in [-0.05, 0) is 125 Å². The van der Waals surface area contributed by atoms with E-state index in [0.29, 0.717) is 38.9 Å². The van der Waals surface area contributed by atoms with Gasteiger partial charge in [0.05, 0.1) is 89.1 Å². The van der Waals surface area contributed by atoms with Crippen molar-refractivity contribution < 1.29 is 0 Å². The predicted octanol–water partition coefficient (Wildman–Crippen LogP) is 30.0. The number of nitrogens with zero attached hydrogens (tertiary/aromatic N) is 8. The third-order valence-electron chi connectivity index (χ3n) is 24.9. The van der Waals surface area contributed by atoms with Gasteiger partial charge in [0.1, 0.15) is 24.3 Å². The van der Waals surface area contributed by atoms with E-state index in [2.05, 4.69) is 309 Å². The fourth-order valence-electron chi connectivity index (χ4n) is 20.0. The molecular formula is C107H56N8S4. The molecule has 8 aromatic heterocycles. The van der Waals surface area contributed by atoms with E-state index in [0.717, 1.165) is 174 Å². The molecule has 0 unspecified atom stereocenters. The van der Waals surface area contributed by atoms with Crippen molar-refractivity contribution in [2.45, 2.75) is 6.92 Å². The second-order valence-electron chi connectivity index (χ2n) is 30.8. The highest BCUT2D eigenvalue weighted by Crippen LogP contribution is 2.56. The van der Waals surface area contributed by atoms with E-state index in [1.54, 1.807) is 0 Å². The Morgan fingerprint density at radius 2 is 0.471 bits per heavy atom. The normalized spacial score (nSPS) is 12.0. The van der Waals surface area contributed by atoms with Gasteiger partial charge in [-0.1, -0.05) is 237 Å². The summed E-state index contributed by atoms with van der Waals surface area (Å²) in [4.78, 5) is 0. The summed E-state index contributed by atoms with van der Waals surface area (Å²) in [5.74, 6) is 0. The van der Waals surface area contributed by atoms with Gasteiger partial charge in [0.15, 0.2) is 0 Å². The first-order chi connectivity index (χ1) is 58.9. The maximum absolute atomic E-state index is 11.9. The topological polar surface area (TPSA) is 115 Å². The lowest BCUT2D eigenvalue weighted by Gasteiger charge is -2.26. The van der Waals surface area contributed by atoms with Gasteiger partial charge in [-0.15, -0.1) is 45.3 Å². The minimum atomic E-state index is 0.308. The number of hydrogen-bond acceptors (Lipinski definition) is 8. The van der Waals surface area contributed by atoms with Gasteiger partial charge in [0, 0.05) is 140 Å². The summed E-state index contributed by atoms with van der Waals surface area (Å²) in [6, 6.07) is 125. The molecule has 25 rings (SSSR count). The summed E-state index contributed by atoms with van der Waals surface area (Å²) in [7, 11) is 0. The second kappa shape index (κ2) is 25.4. The molecule has 0 bridgehead atoms. The smallest absolute Gasteiger partial charge is 0.101 e. The standard InChI is InChI=1S/C107H56N8S4/c1-59-77(55-108)78(56-109)93(60-23-5-2-6-24-60)101(100(59)112-81-35-17-11-31-71(81)96-85(112)47-43-67-65-29-15-21-39-89(65)116-104(67)96)113-82-36-18-12-32-72(82)98-86(113)49-45-69-75-53-63(41-51-91(75)118-106(69)98)64-42-52-92-76(54-64)70-46-50-88-99(107(70)119-92)74-34-14-20-38-84(74)115(88)103-95(62-27-9-4-10-28-62)80(58-111)79(57-110)94(61-25-7-3-8-26-61)102(103)114-83-37-19-13-33-73(83)97-87(114)48-44-68-66-30-16-22-40-90(66)117-105(68)97/h2-54H,1H3. The maximum Gasteiger partial charge on any atom is 0.101 e. The van der Waals surface area contributed by atoms with E-state index in [1.165, 1.54) is 49.7 Å². The van der Waals surface area contributed by atoms with E-state index >= 15 is 0 Å². The molecule has 0 aliphatic carbocycles. The van der Waals surface area contributed by atoms with Crippen molar-refractivity contribution in [1.29, 1.82) is 21.0 Å². The third kappa shape index (κ3) is 9.20. The largest absolute Gasteiger partial charge is 0.307 e. The van der Waals surface area contributed by atoms with Crippen LogP contribution in [0.1, 0.15) is 27.8 Å². The van der Waals surface area contributed by atoms with Gasteiger partial charge >= 0.3 is 0 Å². The summed E-state index contributed by atoms with van der Waals surface area (Å²) in [6.07, 6.45) is 0. The van der Waals surface area contributed by atoms with Crippen molar-refractivity contribution in [3.05, 3.63) is 349 Å². The maximum atomic E-state index is 11.9. The summed E-state index contributed by atoms with van der Waals surface area (Å²) < 4.78 is 19.1. The van der Waals surface area contributed by atoms with Gasteiger partial charge in [0.2, 0.25) is 0 Å². The molecule has 0 aliphatic heterocycles. The highest BCUT2D eigenvalue weighted by atomic mass is 32.1. The molecule has 12 heteroatoms. The van der Waals surface area contributed by atoms with E-state index in [4.69, 9.17) is 0 Å². The third-order valence-corrected chi connectivity index (χ3v) is 29.7. The molecule has 8 heterocycles. The van der Waals surface area contributed by atoms with Gasteiger partial charge in [0.25, 0.3) is 0 Å². The number of rotatable bonds is 8. The minimum Gasteiger partial charge on any atom is -0.307 e. The summed E-state index contributed by atoms with van der Waals surface area (Å²) in [5.41, 5.74) is 20.0. The van der Waals surface area contributed by atoms with E-state index in [1.807, 2.05) is 107 Å². The van der Waals surface area contributed by atoms with Crippen LogP contribution in [0.4, 0.5) is 0 Å². The molecule has 0 spiro atoms. The van der Waals surface area contributed by atoms with Gasteiger partial charge in [-0.3, -0.25) is 0 Å². The van der Waals surface area contributed by atoms with Crippen LogP contribution < -0.4 is 0 Å². The molecule has 17 aromatic carbocycles. The summed E-state index contributed by atoms with van der Waals surface area (Å²) >= 11 is 7.25. The lowest BCUT2D eigenvalue weighted by atomic mass is 9.86. The lowest BCUT2D eigenvalue weighted by molar-refractivity contribution is 1.07. The van der Waals surface area contributed by atoms with Crippen molar-refractivity contribution in [2.75, 3.05) is 0 Å².